The fourth-order valence-corrected chi connectivity index (χ4v) is 3.24. The first-order valence-corrected chi connectivity index (χ1v) is 8.73. The first kappa shape index (κ1) is 15.2. The molecule has 0 bridgehead atoms. The Labute approximate surface area is 116 Å². The lowest BCUT2D eigenvalue weighted by Crippen LogP contribution is -2.41. The Hall–Kier alpha value is -0.170. The largest absolute Gasteiger partial charge is 0.385 e. The number of rotatable bonds is 10. The summed E-state index contributed by atoms with van der Waals surface area (Å²) >= 11 is 0. The van der Waals surface area contributed by atoms with Crippen LogP contribution < -0.4 is 10.0 Å². The van der Waals surface area contributed by atoms with Crippen LogP contribution in [0.1, 0.15) is 39.0 Å². The van der Waals surface area contributed by atoms with Crippen molar-refractivity contribution in [3.05, 3.63) is 0 Å². The Balaban J connectivity index is 1.73. The van der Waals surface area contributed by atoms with Crippen molar-refractivity contribution < 1.29 is 13.2 Å². The van der Waals surface area contributed by atoms with Crippen molar-refractivity contribution in [3.8, 4) is 0 Å². The van der Waals surface area contributed by atoms with E-state index in [4.69, 9.17) is 4.74 Å². The van der Waals surface area contributed by atoms with Crippen LogP contribution in [0.25, 0.3) is 0 Å². The second kappa shape index (κ2) is 6.08. The number of sulfonamides is 1. The smallest absolute Gasteiger partial charge is 0.215 e. The van der Waals surface area contributed by atoms with Gasteiger partial charge in [0.2, 0.25) is 10.0 Å². The van der Waals surface area contributed by atoms with Crippen molar-refractivity contribution in [3.63, 3.8) is 0 Å². The second-order valence-electron chi connectivity index (χ2n) is 6.10. The number of hydrogen-bond donors (Lipinski definition) is 2. The molecule has 0 aromatic rings. The van der Waals surface area contributed by atoms with Crippen molar-refractivity contribution in [2.45, 2.75) is 50.3 Å². The molecule has 2 saturated carbocycles. The summed E-state index contributed by atoms with van der Waals surface area (Å²) in [4.78, 5) is 0. The summed E-state index contributed by atoms with van der Waals surface area (Å²) in [6.07, 6.45) is 5.52. The molecule has 0 heterocycles. The van der Waals surface area contributed by atoms with Crippen molar-refractivity contribution in [2.75, 3.05) is 26.8 Å². The quantitative estimate of drug-likeness (QED) is 0.626. The summed E-state index contributed by atoms with van der Waals surface area (Å²) in [6.45, 7) is 3.59. The van der Waals surface area contributed by atoms with Gasteiger partial charge in [-0.1, -0.05) is 0 Å². The second-order valence-corrected chi connectivity index (χ2v) is 8.29. The number of hydrogen-bond acceptors (Lipinski definition) is 4. The van der Waals surface area contributed by atoms with Crippen molar-refractivity contribution in [2.24, 2.45) is 5.41 Å². The monoisotopic (exact) mass is 290 g/mol. The molecule has 0 aliphatic heterocycles. The molecule has 0 spiro atoms. The Morgan fingerprint density at radius 1 is 1.37 bits per heavy atom. The first-order valence-electron chi connectivity index (χ1n) is 7.18. The van der Waals surface area contributed by atoms with E-state index in [9.17, 15) is 8.42 Å². The van der Waals surface area contributed by atoms with Gasteiger partial charge >= 0.3 is 0 Å². The van der Waals surface area contributed by atoms with Gasteiger partial charge in [0.05, 0.1) is 5.25 Å². The summed E-state index contributed by atoms with van der Waals surface area (Å²) in [5, 5.41) is 2.90. The van der Waals surface area contributed by atoms with Crippen molar-refractivity contribution >= 4 is 10.0 Å². The number of nitrogens with one attached hydrogen (secondary N) is 2. The third-order valence-electron chi connectivity index (χ3n) is 4.24. The van der Waals surface area contributed by atoms with Gasteiger partial charge in [0.25, 0.3) is 0 Å². The molecule has 6 heteroatoms. The van der Waals surface area contributed by atoms with Crippen molar-refractivity contribution in [1.82, 2.24) is 10.0 Å². The minimum atomic E-state index is -3.20. The van der Waals surface area contributed by atoms with E-state index in [1.54, 1.807) is 14.0 Å². The Morgan fingerprint density at radius 3 is 2.58 bits per heavy atom. The maximum absolute atomic E-state index is 12.1. The lowest BCUT2D eigenvalue weighted by Gasteiger charge is -2.19. The van der Waals surface area contributed by atoms with Crippen LogP contribution in [-0.2, 0) is 14.8 Å². The summed E-state index contributed by atoms with van der Waals surface area (Å²) in [5.74, 6) is 0. The van der Waals surface area contributed by atoms with Gasteiger partial charge in [-0.15, -0.1) is 0 Å². The standard InChI is InChI=1S/C13H26N2O3S/c1-11(9-14-12-3-4-12)19(16,17)15-10-13(5-6-13)7-8-18-2/h11-12,14-15H,3-10H2,1-2H3. The molecule has 2 rings (SSSR count). The highest BCUT2D eigenvalue weighted by molar-refractivity contribution is 7.90. The SMILES string of the molecule is COCCC1(CNS(=O)(=O)C(C)CNC2CC2)CC1. The molecule has 1 unspecified atom stereocenters. The average Bonchev–Trinajstić information content (AvgIpc) is 3.26. The van der Waals surface area contributed by atoms with Crippen LogP contribution in [0.5, 0.6) is 0 Å². The Bertz CT molecular complexity index is 389. The third-order valence-corrected chi connectivity index (χ3v) is 6.02. The van der Waals surface area contributed by atoms with Gasteiger partial charge in [-0.05, 0) is 44.4 Å². The van der Waals surface area contributed by atoms with Crippen LogP contribution in [0.15, 0.2) is 0 Å². The number of ether oxygens (including phenoxy) is 1. The van der Waals surface area contributed by atoms with E-state index in [2.05, 4.69) is 10.0 Å². The maximum Gasteiger partial charge on any atom is 0.215 e. The molecule has 0 saturated heterocycles. The maximum atomic E-state index is 12.1. The van der Waals surface area contributed by atoms with E-state index in [-0.39, 0.29) is 10.7 Å². The van der Waals surface area contributed by atoms with Crippen molar-refractivity contribution in [1.29, 1.82) is 0 Å². The number of methoxy groups -OCH3 is 1. The molecular formula is C13H26N2O3S. The normalized spacial score (nSPS) is 23.3. The molecule has 0 radical (unpaired) electrons. The minimum Gasteiger partial charge on any atom is -0.385 e. The molecule has 0 amide bonds. The molecule has 5 nitrogen and oxygen atoms in total. The summed E-state index contributed by atoms with van der Waals surface area (Å²) in [5.41, 5.74) is 0.159. The summed E-state index contributed by atoms with van der Waals surface area (Å²) < 4.78 is 32.1. The van der Waals surface area contributed by atoms with Gasteiger partial charge in [0, 0.05) is 32.8 Å². The molecule has 19 heavy (non-hydrogen) atoms. The van der Waals surface area contributed by atoms with Gasteiger partial charge in [0.15, 0.2) is 0 Å². The van der Waals surface area contributed by atoms with Crippen LogP contribution in [0.4, 0.5) is 0 Å². The predicted octanol–water partition coefficient (Wildman–Crippen LogP) is 0.863. The van der Waals surface area contributed by atoms with E-state index in [1.807, 2.05) is 0 Å². The summed E-state index contributed by atoms with van der Waals surface area (Å²) in [6, 6.07) is 0.550. The molecule has 112 valence electrons. The van der Waals surface area contributed by atoms with Crippen LogP contribution in [-0.4, -0.2) is 46.5 Å². The fourth-order valence-electron chi connectivity index (χ4n) is 2.14. The van der Waals surface area contributed by atoms with Crippen LogP contribution >= 0.6 is 0 Å². The highest BCUT2D eigenvalue weighted by Gasteiger charge is 2.43. The van der Waals surface area contributed by atoms with E-state index in [1.165, 1.54) is 12.8 Å². The average molecular weight is 290 g/mol. The van der Waals surface area contributed by atoms with Gasteiger partial charge in [-0.3, -0.25) is 0 Å². The van der Waals surface area contributed by atoms with Crippen LogP contribution in [0.2, 0.25) is 0 Å². The molecule has 2 aliphatic carbocycles. The van der Waals surface area contributed by atoms with Gasteiger partial charge < -0.3 is 10.1 Å². The van der Waals surface area contributed by atoms with E-state index in [0.717, 1.165) is 19.3 Å². The van der Waals surface area contributed by atoms with E-state index >= 15 is 0 Å². The molecule has 1 atom stereocenters. The molecule has 2 N–H and O–H groups in total. The Morgan fingerprint density at radius 2 is 2.05 bits per heavy atom. The lowest BCUT2D eigenvalue weighted by molar-refractivity contribution is 0.173. The lowest BCUT2D eigenvalue weighted by atomic mass is 10.0. The third kappa shape index (κ3) is 4.70. The fraction of sp³-hybridized carbons (Fsp3) is 1.00. The zero-order chi connectivity index (χ0) is 13.9. The van der Waals surface area contributed by atoms with E-state index in [0.29, 0.717) is 25.7 Å². The molecule has 2 fully saturated rings. The molecule has 0 aromatic carbocycles. The first-order chi connectivity index (χ1) is 8.97. The zero-order valence-electron chi connectivity index (χ0n) is 11.9. The minimum absolute atomic E-state index is 0.159. The highest BCUT2D eigenvalue weighted by Crippen LogP contribution is 2.48. The van der Waals surface area contributed by atoms with Gasteiger partial charge in [0.1, 0.15) is 0 Å². The molecular weight excluding hydrogens is 264 g/mol. The highest BCUT2D eigenvalue weighted by atomic mass is 32.2. The van der Waals surface area contributed by atoms with Gasteiger partial charge in [-0.2, -0.15) is 0 Å². The van der Waals surface area contributed by atoms with E-state index < -0.39 is 10.0 Å². The van der Waals surface area contributed by atoms with Gasteiger partial charge in [-0.25, -0.2) is 13.1 Å². The van der Waals surface area contributed by atoms with Crippen LogP contribution in [0.3, 0.4) is 0 Å². The predicted molar refractivity (Wildman–Crippen MR) is 75.6 cm³/mol. The Kier molecular flexibility index (Phi) is 4.87. The van der Waals surface area contributed by atoms with Crippen LogP contribution in [0, 0.1) is 5.41 Å². The molecule has 2 aliphatic rings. The zero-order valence-corrected chi connectivity index (χ0v) is 12.8. The molecule has 0 aromatic heterocycles. The summed E-state index contributed by atoms with van der Waals surface area (Å²) in [7, 11) is -1.51. The topological polar surface area (TPSA) is 67.4 Å².